The first kappa shape index (κ1) is 16.3. The minimum Gasteiger partial charge on any atom is -0.316 e. The summed E-state index contributed by atoms with van der Waals surface area (Å²) in [5.74, 6) is 0. The van der Waals surface area contributed by atoms with Crippen molar-refractivity contribution in [1.82, 2.24) is 9.13 Å². The van der Waals surface area contributed by atoms with Gasteiger partial charge in [-0.25, -0.2) is 0 Å². The van der Waals surface area contributed by atoms with Crippen molar-refractivity contribution < 1.29 is 0 Å². The van der Waals surface area contributed by atoms with E-state index < -0.39 is 0 Å². The van der Waals surface area contributed by atoms with Gasteiger partial charge >= 0.3 is 0 Å². The number of hydrogen-bond acceptors (Lipinski definition) is 0. The molecule has 2 heterocycles. The Morgan fingerprint density at radius 1 is 0.433 bits per heavy atom. The molecule has 0 aliphatic heterocycles. The summed E-state index contributed by atoms with van der Waals surface area (Å²) in [7, 11) is 0. The molecule has 30 heavy (non-hydrogen) atoms. The van der Waals surface area contributed by atoms with E-state index in [1.807, 2.05) is 0 Å². The third-order valence-corrected chi connectivity index (χ3v) is 7.15. The molecule has 2 aromatic heterocycles. The van der Waals surface area contributed by atoms with Crippen molar-refractivity contribution in [3.05, 3.63) is 97.1 Å². The highest BCUT2D eigenvalue weighted by Gasteiger charge is 2.44. The first-order chi connectivity index (χ1) is 14.9. The number of aromatic nitrogens is 2. The minimum absolute atomic E-state index is 0.0780. The topological polar surface area (TPSA) is 9.86 Å². The second-order valence-electron chi connectivity index (χ2n) is 8.58. The Hall–Kier alpha value is -3.52. The molecule has 0 amide bonds. The summed E-state index contributed by atoms with van der Waals surface area (Å²) in [6, 6.07) is 35.6. The highest BCUT2D eigenvalue weighted by atomic mass is 15.3. The van der Waals surface area contributed by atoms with E-state index in [1.54, 1.807) is 0 Å². The van der Waals surface area contributed by atoms with Crippen molar-refractivity contribution >= 4 is 43.6 Å². The van der Waals surface area contributed by atoms with Gasteiger partial charge in [-0.3, -0.25) is 0 Å². The second-order valence-corrected chi connectivity index (χ2v) is 8.58. The van der Waals surface area contributed by atoms with E-state index in [0.29, 0.717) is 0 Å². The van der Waals surface area contributed by atoms with Crippen molar-refractivity contribution in [2.24, 2.45) is 0 Å². The maximum atomic E-state index is 2.64. The Labute approximate surface area is 175 Å². The van der Waals surface area contributed by atoms with Gasteiger partial charge in [0.25, 0.3) is 0 Å². The number of fused-ring (bicyclic) bond motifs is 6. The molecular formula is C28H22N2. The van der Waals surface area contributed by atoms with Gasteiger partial charge in [0.1, 0.15) is 5.66 Å². The fourth-order valence-electron chi connectivity index (χ4n) is 5.78. The number of nitrogens with zero attached hydrogens (tertiary/aromatic N) is 2. The van der Waals surface area contributed by atoms with Crippen molar-refractivity contribution in [2.75, 3.05) is 0 Å². The van der Waals surface area contributed by atoms with Crippen LogP contribution in [0.4, 0.5) is 0 Å². The van der Waals surface area contributed by atoms with Crippen LogP contribution < -0.4 is 0 Å². The fraction of sp³-hybridized carbons (Fsp3) is 0.143. The number of benzene rings is 4. The van der Waals surface area contributed by atoms with E-state index in [1.165, 1.54) is 50.0 Å². The molecule has 0 saturated heterocycles. The van der Waals surface area contributed by atoms with Crippen molar-refractivity contribution in [2.45, 2.75) is 24.9 Å². The molecule has 0 bridgehead atoms. The van der Waals surface area contributed by atoms with Gasteiger partial charge in [-0.15, -0.1) is 0 Å². The molecule has 4 aromatic carbocycles. The Morgan fingerprint density at radius 2 is 0.733 bits per heavy atom. The maximum Gasteiger partial charge on any atom is 0.122 e. The average Bonchev–Trinajstić information content (AvgIpc) is 3.29. The Balaban J connectivity index is 1.69. The van der Waals surface area contributed by atoms with E-state index in [9.17, 15) is 0 Å². The highest BCUT2D eigenvalue weighted by molar-refractivity contribution is 6.10. The molecule has 0 N–H and O–H groups in total. The van der Waals surface area contributed by atoms with Gasteiger partial charge in [-0.05, 0) is 43.5 Å². The summed E-state index contributed by atoms with van der Waals surface area (Å²) in [6.07, 6.45) is 3.55. The zero-order valence-electron chi connectivity index (χ0n) is 16.8. The summed E-state index contributed by atoms with van der Waals surface area (Å²) in [5, 5.41) is 5.39. The van der Waals surface area contributed by atoms with Crippen LogP contribution in [0.5, 0.6) is 0 Å². The molecule has 2 nitrogen and oxygen atoms in total. The summed E-state index contributed by atoms with van der Waals surface area (Å²) in [6.45, 7) is 0. The zero-order chi connectivity index (χ0) is 19.7. The normalized spacial score (nSPS) is 15.9. The Kier molecular flexibility index (Phi) is 3.13. The second kappa shape index (κ2) is 5.76. The van der Waals surface area contributed by atoms with Crippen molar-refractivity contribution in [3.8, 4) is 0 Å². The van der Waals surface area contributed by atoms with Gasteiger partial charge in [0.05, 0.1) is 22.1 Å². The molecule has 2 heteroatoms. The van der Waals surface area contributed by atoms with Crippen LogP contribution in [0.25, 0.3) is 43.6 Å². The lowest BCUT2D eigenvalue weighted by molar-refractivity contribution is 0.125. The van der Waals surface area contributed by atoms with Crippen LogP contribution in [-0.2, 0) is 5.66 Å². The van der Waals surface area contributed by atoms with E-state index in [-0.39, 0.29) is 5.66 Å². The smallest absolute Gasteiger partial charge is 0.122 e. The van der Waals surface area contributed by atoms with Gasteiger partial charge in [0.15, 0.2) is 0 Å². The first-order valence-electron chi connectivity index (χ1n) is 10.9. The molecule has 1 saturated carbocycles. The van der Waals surface area contributed by atoms with Gasteiger partial charge in [0.2, 0.25) is 0 Å². The van der Waals surface area contributed by atoms with Gasteiger partial charge in [-0.1, -0.05) is 72.8 Å². The molecule has 7 rings (SSSR count). The summed E-state index contributed by atoms with van der Waals surface area (Å²) in [5.41, 5.74) is 5.26. The number of hydrogen-bond donors (Lipinski definition) is 0. The van der Waals surface area contributed by atoms with E-state index in [2.05, 4.69) is 106 Å². The maximum absolute atomic E-state index is 2.64. The van der Waals surface area contributed by atoms with Crippen LogP contribution in [0.2, 0.25) is 0 Å². The van der Waals surface area contributed by atoms with E-state index in [0.717, 1.165) is 12.8 Å². The van der Waals surface area contributed by atoms with Crippen LogP contribution in [0.3, 0.4) is 0 Å². The third-order valence-electron chi connectivity index (χ3n) is 7.15. The molecule has 1 aliphatic rings. The minimum atomic E-state index is -0.0780. The van der Waals surface area contributed by atoms with Crippen LogP contribution in [0, 0.1) is 0 Å². The van der Waals surface area contributed by atoms with Gasteiger partial charge in [-0.2, -0.15) is 0 Å². The van der Waals surface area contributed by atoms with Crippen molar-refractivity contribution in [1.29, 1.82) is 0 Å². The molecule has 1 aliphatic carbocycles. The molecule has 0 radical (unpaired) electrons. The predicted octanol–water partition coefficient (Wildman–Crippen LogP) is 7.29. The third kappa shape index (κ3) is 1.89. The summed E-state index contributed by atoms with van der Waals surface area (Å²) >= 11 is 0. The molecule has 1 fully saturated rings. The lowest BCUT2D eigenvalue weighted by Crippen LogP contribution is -2.47. The standard InChI is InChI=1S/C28H22N2/c1-5-14-24-20(10-1)21-11-2-6-15-25(21)29(24)28(18-9-19-28)30-26-16-7-3-12-22(26)23-13-4-8-17-27(23)30/h1-8,10-17H,9,18-19H2. The molecule has 0 spiro atoms. The quantitative estimate of drug-likeness (QED) is 0.296. The average molecular weight is 386 g/mol. The van der Waals surface area contributed by atoms with Gasteiger partial charge < -0.3 is 9.13 Å². The molecule has 0 unspecified atom stereocenters. The molecular weight excluding hydrogens is 364 g/mol. The number of rotatable bonds is 2. The Bertz CT molecular complexity index is 1350. The van der Waals surface area contributed by atoms with Crippen LogP contribution >= 0.6 is 0 Å². The largest absolute Gasteiger partial charge is 0.316 e. The fourth-order valence-corrected chi connectivity index (χ4v) is 5.78. The number of para-hydroxylation sites is 4. The summed E-state index contributed by atoms with van der Waals surface area (Å²) in [4.78, 5) is 0. The zero-order valence-corrected chi connectivity index (χ0v) is 16.8. The molecule has 6 aromatic rings. The van der Waals surface area contributed by atoms with E-state index in [4.69, 9.17) is 0 Å². The lowest BCUT2D eigenvalue weighted by Gasteiger charge is -2.46. The van der Waals surface area contributed by atoms with Crippen LogP contribution in [0.1, 0.15) is 19.3 Å². The van der Waals surface area contributed by atoms with Crippen LogP contribution in [-0.4, -0.2) is 9.13 Å². The van der Waals surface area contributed by atoms with Crippen molar-refractivity contribution in [3.63, 3.8) is 0 Å². The molecule has 0 atom stereocenters. The van der Waals surface area contributed by atoms with Gasteiger partial charge in [0, 0.05) is 21.5 Å². The first-order valence-corrected chi connectivity index (χ1v) is 10.9. The molecule has 144 valence electrons. The summed E-state index contributed by atoms with van der Waals surface area (Å²) < 4.78 is 5.28. The lowest BCUT2D eigenvalue weighted by atomic mass is 9.83. The van der Waals surface area contributed by atoms with E-state index >= 15 is 0 Å². The predicted molar refractivity (Wildman–Crippen MR) is 126 cm³/mol. The Morgan fingerprint density at radius 3 is 1.00 bits per heavy atom. The highest BCUT2D eigenvalue weighted by Crippen LogP contribution is 2.49. The SMILES string of the molecule is c1ccc2c(c1)c1ccccc1n2C1(n2c3ccccc3c3ccccc32)CCC1. The monoisotopic (exact) mass is 386 g/mol. The van der Waals surface area contributed by atoms with Crippen LogP contribution in [0.15, 0.2) is 97.1 Å².